The van der Waals surface area contributed by atoms with E-state index >= 15 is 0 Å². The smallest absolute Gasteiger partial charge is 0.259 e. The van der Waals surface area contributed by atoms with Gasteiger partial charge in [0.1, 0.15) is 11.3 Å². The van der Waals surface area contributed by atoms with E-state index in [1.807, 2.05) is 0 Å². The Hall–Kier alpha value is -1.87. The predicted molar refractivity (Wildman–Crippen MR) is 73.0 cm³/mol. The molecule has 2 rings (SSSR count). The van der Waals surface area contributed by atoms with Gasteiger partial charge in [-0.2, -0.15) is 5.26 Å². The number of nitrogens with zero attached hydrogens (tertiary/aromatic N) is 4. The van der Waals surface area contributed by atoms with Crippen molar-refractivity contribution in [2.24, 2.45) is 0 Å². The van der Waals surface area contributed by atoms with Gasteiger partial charge in [0.15, 0.2) is 0 Å². The number of amides is 1. The molecule has 0 spiro atoms. The highest BCUT2D eigenvalue weighted by molar-refractivity contribution is 5.94. The normalized spacial score (nSPS) is 17.8. The van der Waals surface area contributed by atoms with Crippen molar-refractivity contribution in [3.8, 4) is 6.07 Å². The Labute approximate surface area is 118 Å². The third-order valence-electron chi connectivity index (χ3n) is 3.73. The SMILES string of the molecule is CCCC(C#N)N1CCN(C(=O)c2cnoc2C)CC1. The molecule has 0 aromatic carbocycles. The Balaban J connectivity index is 1.93. The third kappa shape index (κ3) is 2.99. The maximum Gasteiger partial charge on any atom is 0.259 e. The number of hydrogen-bond acceptors (Lipinski definition) is 5. The van der Waals surface area contributed by atoms with E-state index in [2.05, 4.69) is 23.0 Å². The molecule has 0 bridgehead atoms. The van der Waals surface area contributed by atoms with Gasteiger partial charge in [0.05, 0.1) is 18.3 Å². The number of carbonyl (C=O) groups excluding carboxylic acids is 1. The number of piperazine rings is 1. The first kappa shape index (κ1) is 14.5. The minimum Gasteiger partial charge on any atom is -0.361 e. The fourth-order valence-electron chi connectivity index (χ4n) is 2.51. The second-order valence-corrected chi connectivity index (χ2v) is 5.06. The summed E-state index contributed by atoms with van der Waals surface area (Å²) in [5.41, 5.74) is 0.531. The average molecular weight is 276 g/mol. The van der Waals surface area contributed by atoms with Crippen LogP contribution < -0.4 is 0 Å². The molecule has 0 radical (unpaired) electrons. The van der Waals surface area contributed by atoms with Crippen molar-refractivity contribution < 1.29 is 9.32 Å². The van der Waals surface area contributed by atoms with Crippen LogP contribution in [-0.2, 0) is 0 Å². The van der Waals surface area contributed by atoms with Gasteiger partial charge in [0.2, 0.25) is 0 Å². The van der Waals surface area contributed by atoms with Crippen molar-refractivity contribution >= 4 is 5.91 Å². The van der Waals surface area contributed by atoms with Crippen LogP contribution >= 0.6 is 0 Å². The molecule has 1 aromatic rings. The molecule has 1 aliphatic heterocycles. The van der Waals surface area contributed by atoms with Crippen LogP contribution in [0.15, 0.2) is 10.7 Å². The molecule has 1 unspecified atom stereocenters. The van der Waals surface area contributed by atoms with Gasteiger partial charge in [-0.3, -0.25) is 9.69 Å². The second-order valence-electron chi connectivity index (χ2n) is 5.06. The average Bonchev–Trinajstić information content (AvgIpc) is 2.90. The minimum atomic E-state index is -0.0348. The minimum absolute atomic E-state index is 0.0328. The van der Waals surface area contributed by atoms with Crippen LogP contribution in [0.4, 0.5) is 0 Å². The lowest BCUT2D eigenvalue weighted by Crippen LogP contribution is -2.51. The summed E-state index contributed by atoms with van der Waals surface area (Å²) in [5, 5.41) is 12.8. The zero-order valence-electron chi connectivity index (χ0n) is 12.0. The summed E-state index contributed by atoms with van der Waals surface area (Å²) in [6.45, 7) is 6.60. The standard InChI is InChI=1S/C14H20N4O2/c1-3-4-12(9-15)17-5-7-18(8-6-17)14(19)13-10-16-20-11(13)2/h10,12H,3-8H2,1-2H3. The molecule has 20 heavy (non-hydrogen) atoms. The van der Waals surface area contributed by atoms with Gasteiger partial charge in [-0.25, -0.2) is 0 Å². The summed E-state index contributed by atoms with van der Waals surface area (Å²) >= 11 is 0. The van der Waals surface area contributed by atoms with E-state index in [9.17, 15) is 10.1 Å². The van der Waals surface area contributed by atoms with E-state index in [-0.39, 0.29) is 11.9 Å². The zero-order chi connectivity index (χ0) is 14.5. The van der Waals surface area contributed by atoms with Gasteiger partial charge < -0.3 is 9.42 Å². The lowest BCUT2D eigenvalue weighted by atomic mass is 10.1. The van der Waals surface area contributed by atoms with Crippen molar-refractivity contribution in [2.75, 3.05) is 26.2 Å². The summed E-state index contributed by atoms with van der Waals surface area (Å²) < 4.78 is 4.93. The summed E-state index contributed by atoms with van der Waals surface area (Å²) in [5.74, 6) is 0.519. The van der Waals surface area contributed by atoms with Crippen molar-refractivity contribution in [3.63, 3.8) is 0 Å². The Morgan fingerprint density at radius 1 is 1.50 bits per heavy atom. The summed E-state index contributed by atoms with van der Waals surface area (Å²) in [7, 11) is 0. The van der Waals surface area contributed by atoms with Crippen LogP contribution in [-0.4, -0.2) is 53.1 Å². The molecule has 1 amide bonds. The van der Waals surface area contributed by atoms with Gasteiger partial charge in [-0.1, -0.05) is 18.5 Å². The number of carbonyl (C=O) groups is 1. The maximum absolute atomic E-state index is 12.3. The van der Waals surface area contributed by atoms with Crippen LogP contribution in [0.5, 0.6) is 0 Å². The highest BCUT2D eigenvalue weighted by atomic mass is 16.5. The summed E-state index contributed by atoms with van der Waals surface area (Å²) in [4.78, 5) is 16.3. The first-order chi connectivity index (χ1) is 9.67. The van der Waals surface area contributed by atoms with E-state index in [1.165, 1.54) is 6.20 Å². The number of rotatable bonds is 4. The monoisotopic (exact) mass is 276 g/mol. The van der Waals surface area contributed by atoms with Gasteiger partial charge in [-0.15, -0.1) is 0 Å². The fraction of sp³-hybridized carbons (Fsp3) is 0.643. The largest absolute Gasteiger partial charge is 0.361 e. The highest BCUT2D eigenvalue weighted by Gasteiger charge is 2.27. The Kier molecular flexibility index (Phi) is 4.74. The van der Waals surface area contributed by atoms with Crippen LogP contribution in [0.1, 0.15) is 35.9 Å². The molecule has 0 N–H and O–H groups in total. The van der Waals surface area contributed by atoms with Crippen LogP contribution in [0.2, 0.25) is 0 Å². The van der Waals surface area contributed by atoms with Gasteiger partial charge in [0, 0.05) is 26.2 Å². The van der Waals surface area contributed by atoms with E-state index < -0.39 is 0 Å². The molecule has 2 heterocycles. The number of aromatic nitrogens is 1. The lowest BCUT2D eigenvalue weighted by molar-refractivity contribution is 0.0599. The Bertz CT molecular complexity index is 498. The molecule has 1 saturated heterocycles. The number of hydrogen-bond donors (Lipinski definition) is 0. The molecule has 1 fully saturated rings. The van der Waals surface area contributed by atoms with Gasteiger partial charge in [0.25, 0.3) is 5.91 Å². The summed E-state index contributed by atoms with van der Waals surface area (Å²) in [6.07, 6.45) is 3.35. The quantitative estimate of drug-likeness (QED) is 0.831. The van der Waals surface area contributed by atoms with E-state index in [0.717, 1.165) is 25.9 Å². The molecule has 1 aliphatic rings. The third-order valence-corrected chi connectivity index (χ3v) is 3.73. The molecule has 6 heteroatoms. The topological polar surface area (TPSA) is 73.4 Å². The van der Waals surface area contributed by atoms with E-state index in [1.54, 1.807) is 11.8 Å². The van der Waals surface area contributed by atoms with E-state index in [0.29, 0.717) is 24.4 Å². The predicted octanol–water partition coefficient (Wildman–Crippen LogP) is 1.43. The fourth-order valence-corrected chi connectivity index (χ4v) is 2.51. The maximum atomic E-state index is 12.3. The first-order valence-electron chi connectivity index (χ1n) is 7.01. The van der Waals surface area contributed by atoms with Crippen LogP contribution in [0.25, 0.3) is 0 Å². The first-order valence-corrected chi connectivity index (χ1v) is 7.01. The van der Waals surface area contributed by atoms with Crippen molar-refractivity contribution in [1.29, 1.82) is 5.26 Å². The number of nitriles is 1. The Morgan fingerprint density at radius 3 is 2.70 bits per heavy atom. The molecule has 6 nitrogen and oxygen atoms in total. The van der Waals surface area contributed by atoms with E-state index in [4.69, 9.17) is 4.52 Å². The molecular formula is C14H20N4O2. The van der Waals surface area contributed by atoms with Gasteiger partial charge >= 0.3 is 0 Å². The zero-order valence-corrected chi connectivity index (χ0v) is 12.0. The van der Waals surface area contributed by atoms with Crippen molar-refractivity contribution in [2.45, 2.75) is 32.7 Å². The van der Waals surface area contributed by atoms with Crippen molar-refractivity contribution in [1.82, 2.24) is 15.0 Å². The molecule has 0 aliphatic carbocycles. The van der Waals surface area contributed by atoms with Crippen molar-refractivity contribution in [3.05, 3.63) is 17.5 Å². The molecule has 108 valence electrons. The molecule has 1 atom stereocenters. The lowest BCUT2D eigenvalue weighted by Gasteiger charge is -2.36. The van der Waals surface area contributed by atoms with Crippen LogP contribution in [0, 0.1) is 18.3 Å². The van der Waals surface area contributed by atoms with Crippen LogP contribution in [0.3, 0.4) is 0 Å². The second kappa shape index (κ2) is 6.53. The molecular weight excluding hydrogens is 256 g/mol. The molecule has 1 aromatic heterocycles. The Morgan fingerprint density at radius 2 is 2.20 bits per heavy atom. The van der Waals surface area contributed by atoms with Gasteiger partial charge in [-0.05, 0) is 13.3 Å². The molecule has 0 saturated carbocycles. The highest BCUT2D eigenvalue weighted by Crippen LogP contribution is 2.14. The summed E-state index contributed by atoms with van der Waals surface area (Å²) in [6, 6.07) is 2.32. The number of aryl methyl sites for hydroxylation is 1.